The first-order valence-electron chi connectivity index (χ1n) is 6.60. The Labute approximate surface area is 114 Å². The smallest absolute Gasteiger partial charge is 0.245 e. The Morgan fingerprint density at radius 3 is 2.72 bits per heavy atom. The highest BCUT2D eigenvalue weighted by atomic mass is 32.2. The maximum absolute atomic E-state index is 12.5. The standard InChI is InChI=1S/C13H24N2O2S/c1-5-9(2)12-13(17)15(6-7-18-4)10(3)8-11(16)14-12/h9-10,12H,5-8H2,1-4H3,(H,14,16). The summed E-state index contributed by atoms with van der Waals surface area (Å²) in [6, 6.07) is -0.354. The minimum atomic E-state index is -0.352. The van der Waals surface area contributed by atoms with E-state index in [1.54, 1.807) is 11.8 Å². The van der Waals surface area contributed by atoms with Gasteiger partial charge in [-0.15, -0.1) is 0 Å². The van der Waals surface area contributed by atoms with Crippen molar-refractivity contribution in [3.05, 3.63) is 0 Å². The summed E-state index contributed by atoms with van der Waals surface area (Å²) in [5.41, 5.74) is 0. The summed E-state index contributed by atoms with van der Waals surface area (Å²) < 4.78 is 0. The first-order chi connectivity index (χ1) is 8.51. The molecule has 1 aliphatic rings. The van der Waals surface area contributed by atoms with E-state index in [-0.39, 0.29) is 29.8 Å². The molecule has 4 nitrogen and oxygen atoms in total. The maximum atomic E-state index is 12.5. The molecule has 3 unspecified atom stereocenters. The number of amides is 2. The summed E-state index contributed by atoms with van der Waals surface area (Å²) in [5.74, 6) is 1.17. The third-order valence-electron chi connectivity index (χ3n) is 3.63. The van der Waals surface area contributed by atoms with Gasteiger partial charge >= 0.3 is 0 Å². The lowest BCUT2D eigenvalue weighted by atomic mass is 9.98. The second kappa shape index (κ2) is 7.02. The maximum Gasteiger partial charge on any atom is 0.245 e. The van der Waals surface area contributed by atoms with Gasteiger partial charge in [-0.05, 0) is 19.1 Å². The highest BCUT2D eigenvalue weighted by molar-refractivity contribution is 7.98. The van der Waals surface area contributed by atoms with Crippen LogP contribution in [-0.2, 0) is 9.59 Å². The molecule has 1 heterocycles. The average molecular weight is 272 g/mol. The van der Waals surface area contributed by atoms with Crippen molar-refractivity contribution in [3.8, 4) is 0 Å². The van der Waals surface area contributed by atoms with Crippen LogP contribution in [0.15, 0.2) is 0 Å². The van der Waals surface area contributed by atoms with E-state index in [4.69, 9.17) is 0 Å². The van der Waals surface area contributed by atoms with Crippen LogP contribution in [0.3, 0.4) is 0 Å². The van der Waals surface area contributed by atoms with Gasteiger partial charge < -0.3 is 10.2 Å². The van der Waals surface area contributed by atoms with Gasteiger partial charge in [0.25, 0.3) is 0 Å². The summed E-state index contributed by atoms with van der Waals surface area (Å²) >= 11 is 1.72. The SMILES string of the molecule is CCC(C)C1NC(=O)CC(C)N(CCSC)C1=O. The van der Waals surface area contributed by atoms with E-state index < -0.39 is 0 Å². The van der Waals surface area contributed by atoms with Crippen molar-refractivity contribution in [3.63, 3.8) is 0 Å². The summed E-state index contributed by atoms with van der Waals surface area (Å²) in [7, 11) is 0. The molecule has 1 aliphatic heterocycles. The first kappa shape index (κ1) is 15.3. The number of carbonyl (C=O) groups is 2. The van der Waals surface area contributed by atoms with Crippen molar-refractivity contribution in [2.24, 2.45) is 5.92 Å². The van der Waals surface area contributed by atoms with Gasteiger partial charge in [-0.25, -0.2) is 0 Å². The quantitative estimate of drug-likeness (QED) is 0.825. The van der Waals surface area contributed by atoms with Gasteiger partial charge in [0.2, 0.25) is 11.8 Å². The zero-order valence-corrected chi connectivity index (χ0v) is 12.5. The van der Waals surface area contributed by atoms with Gasteiger partial charge in [0.05, 0.1) is 0 Å². The van der Waals surface area contributed by atoms with Gasteiger partial charge in [-0.3, -0.25) is 9.59 Å². The van der Waals surface area contributed by atoms with E-state index in [0.717, 1.165) is 18.7 Å². The van der Waals surface area contributed by atoms with E-state index in [1.807, 2.05) is 31.9 Å². The zero-order chi connectivity index (χ0) is 13.7. The van der Waals surface area contributed by atoms with Crippen LogP contribution in [0, 0.1) is 5.92 Å². The molecule has 0 spiro atoms. The van der Waals surface area contributed by atoms with Crippen molar-refractivity contribution >= 4 is 23.6 Å². The lowest BCUT2D eigenvalue weighted by Crippen LogP contribution is -2.50. The Bertz CT molecular complexity index is 309. The fourth-order valence-electron chi connectivity index (χ4n) is 2.21. The number of nitrogens with one attached hydrogen (secondary N) is 1. The summed E-state index contributed by atoms with van der Waals surface area (Å²) in [6.45, 7) is 6.75. The Hall–Kier alpha value is -0.710. The zero-order valence-electron chi connectivity index (χ0n) is 11.7. The number of hydrogen-bond donors (Lipinski definition) is 1. The van der Waals surface area contributed by atoms with Crippen LogP contribution in [-0.4, -0.2) is 47.4 Å². The molecule has 0 bridgehead atoms. The Morgan fingerprint density at radius 1 is 1.50 bits per heavy atom. The minimum Gasteiger partial charge on any atom is -0.344 e. The molecule has 1 N–H and O–H groups in total. The fourth-order valence-corrected chi connectivity index (χ4v) is 2.59. The Kier molecular flexibility index (Phi) is 5.99. The molecule has 18 heavy (non-hydrogen) atoms. The van der Waals surface area contributed by atoms with Crippen molar-refractivity contribution < 1.29 is 9.59 Å². The summed E-state index contributed by atoms with van der Waals surface area (Å²) in [6.07, 6.45) is 3.33. The topological polar surface area (TPSA) is 49.4 Å². The van der Waals surface area contributed by atoms with Crippen LogP contribution in [0.4, 0.5) is 0 Å². The second-order valence-electron chi connectivity index (χ2n) is 5.01. The molecule has 0 aliphatic carbocycles. The molecular weight excluding hydrogens is 248 g/mol. The number of rotatable bonds is 5. The fraction of sp³-hybridized carbons (Fsp3) is 0.846. The predicted molar refractivity (Wildman–Crippen MR) is 75.6 cm³/mol. The van der Waals surface area contributed by atoms with Crippen LogP contribution in [0.5, 0.6) is 0 Å². The van der Waals surface area contributed by atoms with Crippen LogP contribution in [0.2, 0.25) is 0 Å². The van der Waals surface area contributed by atoms with Crippen molar-refractivity contribution in [1.29, 1.82) is 0 Å². The molecular formula is C13H24N2O2S. The summed E-state index contributed by atoms with van der Waals surface area (Å²) in [5, 5.41) is 2.88. The first-order valence-corrected chi connectivity index (χ1v) is 7.99. The average Bonchev–Trinajstić information content (AvgIpc) is 2.44. The van der Waals surface area contributed by atoms with Gasteiger partial charge in [0.15, 0.2) is 0 Å². The Morgan fingerprint density at radius 2 is 2.17 bits per heavy atom. The van der Waals surface area contributed by atoms with E-state index in [0.29, 0.717) is 6.42 Å². The van der Waals surface area contributed by atoms with Gasteiger partial charge in [0.1, 0.15) is 6.04 Å². The number of hydrogen-bond acceptors (Lipinski definition) is 3. The number of nitrogens with zero attached hydrogens (tertiary/aromatic N) is 1. The molecule has 0 saturated carbocycles. The van der Waals surface area contributed by atoms with Crippen molar-refractivity contribution in [2.45, 2.75) is 45.7 Å². The molecule has 3 atom stereocenters. The van der Waals surface area contributed by atoms with E-state index in [1.165, 1.54) is 0 Å². The van der Waals surface area contributed by atoms with Crippen LogP contribution >= 0.6 is 11.8 Å². The summed E-state index contributed by atoms with van der Waals surface area (Å²) in [4.78, 5) is 26.2. The number of thioether (sulfide) groups is 1. The molecule has 1 rings (SSSR count). The molecule has 0 radical (unpaired) electrons. The predicted octanol–water partition coefficient (Wildman–Crippen LogP) is 1.50. The Balaban J connectivity index is 2.87. The van der Waals surface area contributed by atoms with Crippen molar-refractivity contribution in [1.82, 2.24) is 10.2 Å². The third-order valence-corrected chi connectivity index (χ3v) is 4.22. The van der Waals surface area contributed by atoms with Crippen LogP contribution in [0.1, 0.15) is 33.6 Å². The van der Waals surface area contributed by atoms with E-state index >= 15 is 0 Å². The molecule has 0 aromatic rings. The van der Waals surface area contributed by atoms with E-state index in [2.05, 4.69) is 5.32 Å². The van der Waals surface area contributed by atoms with Crippen LogP contribution < -0.4 is 5.32 Å². The van der Waals surface area contributed by atoms with Gasteiger partial charge in [-0.1, -0.05) is 20.3 Å². The monoisotopic (exact) mass is 272 g/mol. The molecule has 0 aromatic carbocycles. The molecule has 5 heteroatoms. The normalized spacial score (nSPS) is 26.8. The molecule has 0 aromatic heterocycles. The van der Waals surface area contributed by atoms with Crippen LogP contribution in [0.25, 0.3) is 0 Å². The third kappa shape index (κ3) is 3.64. The second-order valence-corrected chi connectivity index (χ2v) is 5.99. The highest BCUT2D eigenvalue weighted by Crippen LogP contribution is 2.18. The lowest BCUT2D eigenvalue weighted by molar-refractivity contribution is -0.135. The van der Waals surface area contributed by atoms with E-state index in [9.17, 15) is 9.59 Å². The van der Waals surface area contributed by atoms with Gasteiger partial charge in [-0.2, -0.15) is 11.8 Å². The number of carbonyl (C=O) groups excluding carboxylic acids is 2. The minimum absolute atomic E-state index is 0.00120. The molecule has 2 amide bonds. The van der Waals surface area contributed by atoms with Gasteiger partial charge in [0, 0.05) is 24.8 Å². The molecule has 1 fully saturated rings. The molecule has 104 valence electrons. The molecule has 1 saturated heterocycles. The largest absolute Gasteiger partial charge is 0.344 e. The highest BCUT2D eigenvalue weighted by Gasteiger charge is 2.35. The lowest BCUT2D eigenvalue weighted by Gasteiger charge is -2.30. The van der Waals surface area contributed by atoms with Crippen molar-refractivity contribution in [2.75, 3.05) is 18.6 Å².